The van der Waals surface area contributed by atoms with Crippen molar-refractivity contribution in [1.29, 1.82) is 0 Å². The summed E-state index contributed by atoms with van der Waals surface area (Å²) in [6.45, 7) is 5.03. The van der Waals surface area contributed by atoms with Gasteiger partial charge in [0.2, 0.25) is 5.91 Å². The van der Waals surface area contributed by atoms with Crippen LogP contribution in [0.25, 0.3) is 5.52 Å². The molecule has 0 bridgehead atoms. The lowest BCUT2D eigenvalue weighted by atomic mass is 10.0. The van der Waals surface area contributed by atoms with Gasteiger partial charge in [0.05, 0.1) is 17.8 Å². The number of aromatic nitrogens is 4. The molecule has 1 aliphatic heterocycles. The largest absolute Gasteiger partial charge is 0.391 e. The highest BCUT2D eigenvalue weighted by molar-refractivity contribution is 5.76. The van der Waals surface area contributed by atoms with Gasteiger partial charge >= 0.3 is 0 Å². The van der Waals surface area contributed by atoms with Crippen molar-refractivity contribution < 1.29 is 9.90 Å². The molecule has 2 aromatic rings. The van der Waals surface area contributed by atoms with Crippen molar-refractivity contribution in [3.63, 3.8) is 0 Å². The SMILES string of the molecule is CC(C)c1nn(CC(=O)N[C@H]2CNCC[C@H]2O)c(=O)c2cc(C3CC3)nn12. The Bertz CT molecular complexity index is 914. The summed E-state index contributed by atoms with van der Waals surface area (Å²) in [4.78, 5) is 25.3. The van der Waals surface area contributed by atoms with Gasteiger partial charge in [0.1, 0.15) is 12.1 Å². The van der Waals surface area contributed by atoms with E-state index in [1.807, 2.05) is 19.9 Å². The molecule has 27 heavy (non-hydrogen) atoms. The molecule has 1 saturated carbocycles. The lowest BCUT2D eigenvalue weighted by Gasteiger charge is -2.29. The first kappa shape index (κ1) is 18.1. The van der Waals surface area contributed by atoms with Gasteiger partial charge < -0.3 is 15.7 Å². The lowest BCUT2D eigenvalue weighted by molar-refractivity contribution is -0.123. The highest BCUT2D eigenvalue weighted by Crippen LogP contribution is 2.39. The van der Waals surface area contributed by atoms with E-state index >= 15 is 0 Å². The molecule has 0 aromatic carbocycles. The minimum Gasteiger partial charge on any atom is -0.391 e. The Morgan fingerprint density at radius 1 is 1.37 bits per heavy atom. The molecule has 1 amide bonds. The van der Waals surface area contributed by atoms with Crippen molar-refractivity contribution in [2.45, 2.75) is 63.6 Å². The summed E-state index contributed by atoms with van der Waals surface area (Å²) in [6.07, 6.45) is 2.21. The molecule has 2 aromatic heterocycles. The maximum atomic E-state index is 12.8. The predicted octanol–water partition coefficient (Wildman–Crippen LogP) is -0.269. The molecule has 0 unspecified atom stereocenters. The number of piperidine rings is 1. The second-order valence-electron chi connectivity index (χ2n) is 7.85. The van der Waals surface area contributed by atoms with Crippen LogP contribution in [0.5, 0.6) is 0 Å². The van der Waals surface area contributed by atoms with Crippen LogP contribution in [0.15, 0.2) is 10.9 Å². The minimum atomic E-state index is -0.579. The Morgan fingerprint density at radius 2 is 2.15 bits per heavy atom. The number of carbonyl (C=O) groups is 1. The van der Waals surface area contributed by atoms with Crippen LogP contribution in [-0.4, -0.2) is 55.6 Å². The molecule has 0 radical (unpaired) electrons. The van der Waals surface area contributed by atoms with Crippen molar-refractivity contribution in [2.75, 3.05) is 13.1 Å². The van der Waals surface area contributed by atoms with E-state index in [2.05, 4.69) is 20.8 Å². The van der Waals surface area contributed by atoms with E-state index in [1.54, 1.807) is 4.52 Å². The summed E-state index contributed by atoms with van der Waals surface area (Å²) in [5, 5.41) is 24.9. The van der Waals surface area contributed by atoms with E-state index < -0.39 is 6.10 Å². The van der Waals surface area contributed by atoms with Gasteiger partial charge in [-0.25, -0.2) is 9.20 Å². The number of hydrogen-bond donors (Lipinski definition) is 3. The van der Waals surface area contributed by atoms with Crippen LogP contribution < -0.4 is 16.2 Å². The summed E-state index contributed by atoms with van der Waals surface area (Å²) >= 11 is 0. The average Bonchev–Trinajstić information content (AvgIpc) is 3.38. The third kappa shape index (κ3) is 3.61. The highest BCUT2D eigenvalue weighted by Gasteiger charge is 2.29. The van der Waals surface area contributed by atoms with Crippen molar-refractivity contribution in [1.82, 2.24) is 30.0 Å². The monoisotopic (exact) mass is 374 g/mol. The fourth-order valence-electron chi connectivity index (χ4n) is 3.50. The molecule has 4 rings (SSSR count). The molecule has 1 saturated heterocycles. The Kier molecular flexibility index (Phi) is 4.73. The van der Waals surface area contributed by atoms with Gasteiger partial charge in [-0.2, -0.15) is 10.2 Å². The maximum absolute atomic E-state index is 12.8. The Balaban J connectivity index is 1.61. The molecular weight excluding hydrogens is 348 g/mol. The zero-order valence-corrected chi connectivity index (χ0v) is 15.7. The standard InChI is InChI=1S/C18H26N6O3/c1-10(2)17-22-23(9-16(26)20-13-8-19-6-5-15(13)25)18(27)14-7-12(11-3-4-11)21-24(14)17/h7,10-11,13,15,19,25H,3-6,8-9H2,1-2H3,(H,20,26)/t13-,15+/m0/s1. The van der Waals surface area contributed by atoms with Crippen LogP contribution in [0, 0.1) is 0 Å². The number of nitrogens with zero attached hydrogens (tertiary/aromatic N) is 4. The van der Waals surface area contributed by atoms with Gasteiger partial charge in [-0.15, -0.1) is 0 Å². The maximum Gasteiger partial charge on any atom is 0.293 e. The Hall–Kier alpha value is -2.26. The molecule has 1 aliphatic carbocycles. The van der Waals surface area contributed by atoms with Crippen LogP contribution in [-0.2, 0) is 11.3 Å². The summed E-state index contributed by atoms with van der Waals surface area (Å²) in [7, 11) is 0. The highest BCUT2D eigenvalue weighted by atomic mass is 16.3. The molecule has 9 heteroatoms. The second-order valence-corrected chi connectivity index (χ2v) is 7.85. The average molecular weight is 374 g/mol. The van der Waals surface area contributed by atoms with Gasteiger partial charge in [0, 0.05) is 18.4 Å². The van der Waals surface area contributed by atoms with Crippen LogP contribution in [0.2, 0.25) is 0 Å². The fourth-order valence-corrected chi connectivity index (χ4v) is 3.50. The first-order valence-corrected chi connectivity index (χ1v) is 9.63. The summed E-state index contributed by atoms with van der Waals surface area (Å²) < 4.78 is 2.84. The fraction of sp³-hybridized carbons (Fsp3) is 0.667. The van der Waals surface area contributed by atoms with E-state index in [9.17, 15) is 14.7 Å². The van der Waals surface area contributed by atoms with E-state index in [1.165, 1.54) is 4.68 Å². The van der Waals surface area contributed by atoms with Gasteiger partial charge in [-0.05, 0) is 31.9 Å². The van der Waals surface area contributed by atoms with Crippen molar-refractivity contribution >= 4 is 11.4 Å². The van der Waals surface area contributed by atoms with Crippen LogP contribution >= 0.6 is 0 Å². The number of hydrogen-bond acceptors (Lipinski definition) is 6. The van der Waals surface area contributed by atoms with Crippen molar-refractivity contribution in [2.24, 2.45) is 0 Å². The molecule has 9 nitrogen and oxygen atoms in total. The van der Waals surface area contributed by atoms with E-state index in [4.69, 9.17) is 0 Å². The number of rotatable bonds is 5. The Labute approximate surface area is 156 Å². The molecule has 0 spiro atoms. The number of carbonyl (C=O) groups excluding carboxylic acids is 1. The molecule has 146 valence electrons. The number of fused-ring (bicyclic) bond motifs is 1. The molecule has 2 aliphatic rings. The van der Waals surface area contributed by atoms with Gasteiger partial charge in [-0.1, -0.05) is 13.8 Å². The van der Waals surface area contributed by atoms with Gasteiger partial charge in [0.15, 0.2) is 5.82 Å². The van der Waals surface area contributed by atoms with Crippen molar-refractivity contribution in [3.05, 3.63) is 27.9 Å². The minimum absolute atomic E-state index is 0.0544. The summed E-state index contributed by atoms with van der Waals surface area (Å²) in [5.41, 5.74) is 1.06. The topological polar surface area (TPSA) is 114 Å². The molecular formula is C18H26N6O3. The molecule has 3 N–H and O–H groups in total. The molecule has 3 heterocycles. The number of aliphatic hydroxyl groups excluding tert-OH is 1. The second kappa shape index (κ2) is 7.05. The van der Waals surface area contributed by atoms with Crippen LogP contribution in [0.1, 0.15) is 56.5 Å². The normalized spacial score (nSPS) is 23.1. The zero-order chi connectivity index (χ0) is 19.1. The number of amides is 1. The lowest BCUT2D eigenvalue weighted by Crippen LogP contribution is -2.54. The number of aliphatic hydroxyl groups is 1. The summed E-state index contributed by atoms with van der Waals surface area (Å²) in [6, 6.07) is 1.48. The predicted molar refractivity (Wildman–Crippen MR) is 98.7 cm³/mol. The molecule has 2 atom stereocenters. The van der Waals surface area contributed by atoms with Crippen LogP contribution in [0.3, 0.4) is 0 Å². The third-order valence-electron chi connectivity index (χ3n) is 5.22. The van der Waals surface area contributed by atoms with Crippen molar-refractivity contribution in [3.8, 4) is 0 Å². The van der Waals surface area contributed by atoms with Gasteiger partial charge in [-0.3, -0.25) is 9.59 Å². The third-order valence-corrected chi connectivity index (χ3v) is 5.22. The van der Waals surface area contributed by atoms with Crippen LogP contribution in [0.4, 0.5) is 0 Å². The summed E-state index contributed by atoms with van der Waals surface area (Å²) in [5.74, 6) is 0.807. The van der Waals surface area contributed by atoms with E-state index in [0.29, 0.717) is 30.2 Å². The quantitative estimate of drug-likeness (QED) is 0.664. The Morgan fingerprint density at radius 3 is 2.81 bits per heavy atom. The van der Waals surface area contributed by atoms with E-state index in [-0.39, 0.29) is 30.0 Å². The number of nitrogens with one attached hydrogen (secondary N) is 2. The molecule has 2 fully saturated rings. The smallest absolute Gasteiger partial charge is 0.293 e. The first-order chi connectivity index (χ1) is 12.9. The zero-order valence-electron chi connectivity index (χ0n) is 15.7. The van der Waals surface area contributed by atoms with Gasteiger partial charge in [0.25, 0.3) is 5.56 Å². The van der Waals surface area contributed by atoms with E-state index in [0.717, 1.165) is 25.1 Å². The first-order valence-electron chi connectivity index (χ1n) is 9.63.